The number of amidine groups is 1. The van der Waals surface area contributed by atoms with Crippen LogP contribution in [0.5, 0.6) is 0 Å². The highest BCUT2D eigenvalue weighted by atomic mass is 35.5. The average Bonchev–Trinajstić information content (AvgIpc) is 2.90. The van der Waals surface area contributed by atoms with Gasteiger partial charge in [-0.1, -0.05) is 47.1 Å². The second kappa shape index (κ2) is 12.3. The van der Waals surface area contributed by atoms with Crippen molar-refractivity contribution in [1.29, 1.82) is 0 Å². The fourth-order valence-corrected chi connectivity index (χ4v) is 4.34. The minimum absolute atomic E-state index is 0.468. The van der Waals surface area contributed by atoms with Gasteiger partial charge in [-0.25, -0.2) is 4.79 Å². The van der Waals surface area contributed by atoms with E-state index in [-0.39, 0.29) is 0 Å². The van der Waals surface area contributed by atoms with E-state index < -0.39 is 18.1 Å². The summed E-state index contributed by atoms with van der Waals surface area (Å²) >= 11 is 5.91. The molecule has 9 heteroatoms. The van der Waals surface area contributed by atoms with Crippen LogP contribution >= 0.6 is 11.6 Å². The quantitative estimate of drug-likeness (QED) is 0.346. The summed E-state index contributed by atoms with van der Waals surface area (Å²) in [4.78, 5) is 33.1. The number of piperidine rings is 1. The zero-order valence-corrected chi connectivity index (χ0v) is 21.5. The molecule has 2 N–H and O–H groups in total. The van der Waals surface area contributed by atoms with Crippen molar-refractivity contribution in [2.24, 2.45) is 5.16 Å². The van der Waals surface area contributed by atoms with Gasteiger partial charge in [0.15, 0.2) is 0 Å². The summed E-state index contributed by atoms with van der Waals surface area (Å²) < 4.78 is 5.56. The molecule has 37 heavy (non-hydrogen) atoms. The number of ether oxygens (including phenoxy) is 1. The molecule has 1 saturated heterocycles. The fourth-order valence-electron chi connectivity index (χ4n) is 4.21. The molecule has 1 heterocycles. The molecular formula is C28H29ClN4O4. The summed E-state index contributed by atoms with van der Waals surface area (Å²) in [6.07, 6.45) is 1.07. The fraction of sp³-hybridized carbons (Fsp3) is 0.250. The van der Waals surface area contributed by atoms with Gasteiger partial charge in [0.05, 0.1) is 0 Å². The zero-order valence-electron chi connectivity index (χ0n) is 20.7. The molecule has 3 aromatic rings. The van der Waals surface area contributed by atoms with Crippen LogP contribution in [-0.4, -0.2) is 31.5 Å². The van der Waals surface area contributed by atoms with Gasteiger partial charge in [-0.3, -0.25) is 10.1 Å². The first-order valence-corrected chi connectivity index (χ1v) is 12.4. The van der Waals surface area contributed by atoms with E-state index >= 15 is 0 Å². The van der Waals surface area contributed by atoms with Crippen LogP contribution in [0.25, 0.3) is 0 Å². The third kappa shape index (κ3) is 6.80. The number of nitrogens with zero attached hydrogens (tertiary/aromatic N) is 2. The van der Waals surface area contributed by atoms with Crippen molar-refractivity contribution in [3.63, 3.8) is 0 Å². The molecule has 4 rings (SSSR count). The first-order chi connectivity index (χ1) is 17.9. The molecule has 0 unspecified atom stereocenters. The number of carbonyl (C=O) groups excluding carboxylic acids is 2. The van der Waals surface area contributed by atoms with Gasteiger partial charge >= 0.3 is 6.09 Å². The molecule has 8 nitrogen and oxygen atoms in total. The molecule has 1 fully saturated rings. The van der Waals surface area contributed by atoms with Crippen molar-refractivity contribution >= 4 is 46.5 Å². The molecule has 1 aliphatic rings. The Kier molecular flexibility index (Phi) is 8.64. The van der Waals surface area contributed by atoms with Crippen LogP contribution in [0.4, 0.5) is 21.9 Å². The number of carbonyl (C=O) groups is 2. The van der Waals surface area contributed by atoms with E-state index in [4.69, 9.17) is 21.2 Å². The predicted molar refractivity (Wildman–Crippen MR) is 146 cm³/mol. The molecule has 3 aromatic carbocycles. The maximum atomic E-state index is 13.3. The van der Waals surface area contributed by atoms with E-state index in [1.807, 2.05) is 31.2 Å². The number of halogens is 1. The second-order valence-corrected chi connectivity index (χ2v) is 9.05. The molecule has 0 radical (unpaired) electrons. The molecule has 192 valence electrons. The van der Waals surface area contributed by atoms with Crippen molar-refractivity contribution in [3.8, 4) is 0 Å². The Bertz CT molecular complexity index is 1260. The average molecular weight is 521 g/mol. The predicted octanol–water partition coefficient (Wildman–Crippen LogP) is 6.53. The van der Waals surface area contributed by atoms with E-state index in [2.05, 4.69) is 20.7 Å². The van der Waals surface area contributed by atoms with Gasteiger partial charge < -0.3 is 19.8 Å². The van der Waals surface area contributed by atoms with Crippen molar-refractivity contribution < 1.29 is 19.2 Å². The molecule has 2 amide bonds. The van der Waals surface area contributed by atoms with E-state index in [1.54, 1.807) is 55.6 Å². The largest absolute Gasteiger partial charge is 0.431 e. The van der Waals surface area contributed by atoms with Crippen molar-refractivity contribution in [1.82, 2.24) is 0 Å². The summed E-state index contributed by atoms with van der Waals surface area (Å²) in [5.74, 6) is 0.419. The summed E-state index contributed by atoms with van der Waals surface area (Å²) in [5.41, 5.74) is 3.62. The minimum Gasteiger partial charge on any atom is -0.431 e. The maximum absolute atomic E-state index is 13.3. The van der Waals surface area contributed by atoms with Crippen molar-refractivity contribution in [2.75, 3.05) is 29.2 Å². The van der Waals surface area contributed by atoms with Crippen molar-refractivity contribution in [2.45, 2.75) is 32.3 Å². The highest BCUT2D eigenvalue weighted by Crippen LogP contribution is 2.29. The lowest BCUT2D eigenvalue weighted by molar-refractivity contribution is -0.124. The maximum Gasteiger partial charge on any atom is 0.412 e. The molecule has 0 spiro atoms. The molecule has 0 saturated carbocycles. The zero-order chi connectivity index (χ0) is 26.2. The van der Waals surface area contributed by atoms with E-state index in [0.29, 0.717) is 22.0 Å². The first-order valence-electron chi connectivity index (χ1n) is 12.0. The number of anilines is 3. The lowest BCUT2D eigenvalue weighted by Gasteiger charge is -2.31. The van der Waals surface area contributed by atoms with Gasteiger partial charge in [-0.15, -0.1) is 0 Å². The van der Waals surface area contributed by atoms with Crippen molar-refractivity contribution in [3.05, 3.63) is 88.9 Å². The smallest absolute Gasteiger partial charge is 0.412 e. The molecule has 0 aromatic heterocycles. The summed E-state index contributed by atoms with van der Waals surface area (Å²) in [6, 6.07) is 21.1. The summed E-state index contributed by atoms with van der Waals surface area (Å²) in [7, 11) is 1.55. The van der Waals surface area contributed by atoms with Crippen LogP contribution in [0.15, 0.2) is 78.0 Å². The van der Waals surface area contributed by atoms with Gasteiger partial charge in [-0.05, 0) is 67.8 Å². The van der Waals surface area contributed by atoms with E-state index in [0.717, 1.165) is 42.9 Å². The number of rotatable bonds is 7. The molecule has 0 bridgehead atoms. The Labute approximate surface area is 221 Å². The molecule has 1 atom stereocenters. The Morgan fingerprint density at radius 1 is 0.973 bits per heavy atom. The third-order valence-corrected chi connectivity index (χ3v) is 6.20. The van der Waals surface area contributed by atoms with Gasteiger partial charge in [-0.2, -0.15) is 0 Å². The van der Waals surface area contributed by atoms with Gasteiger partial charge in [0.1, 0.15) is 12.9 Å². The standard InChI is InChI=1S/C28H29ClN4O4/c1-19-18-23(15-16-24(19)33-17-7-6-10-25(33)32-36-2)30-27(34)26(20-8-4-3-5-9-20)37-28(35)31-22-13-11-21(29)12-14-22/h3-5,8-9,11-16,18,26H,6-7,10,17H2,1-2H3,(H,30,34)(H,31,35)/b32-25-/t26-/m0/s1. The van der Waals surface area contributed by atoms with Gasteiger partial charge in [0.25, 0.3) is 5.91 Å². The first kappa shape index (κ1) is 26.0. The number of nitrogens with one attached hydrogen (secondary N) is 2. The van der Waals surface area contributed by atoms with Crippen LogP contribution in [0, 0.1) is 6.92 Å². The Balaban J connectivity index is 1.50. The topological polar surface area (TPSA) is 92.3 Å². The lowest BCUT2D eigenvalue weighted by atomic mass is 10.1. The number of hydrogen-bond donors (Lipinski definition) is 2. The van der Waals surface area contributed by atoms with Gasteiger partial charge in [0, 0.05) is 40.6 Å². The monoisotopic (exact) mass is 520 g/mol. The highest BCUT2D eigenvalue weighted by Gasteiger charge is 2.26. The van der Waals surface area contributed by atoms with Crippen LogP contribution in [-0.2, 0) is 14.4 Å². The number of amides is 2. The van der Waals surface area contributed by atoms with E-state index in [1.165, 1.54) is 0 Å². The molecule has 1 aliphatic heterocycles. The van der Waals surface area contributed by atoms with Crippen LogP contribution < -0.4 is 15.5 Å². The van der Waals surface area contributed by atoms with Gasteiger partial charge in [0.2, 0.25) is 6.10 Å². The number of aryl methyl sites for hydroxylation is 1. The van der Waals surface area contributed by atoms with Crippen LogP contribution in [0.2, 0.25) is 5.02 Å². The highest BCUT2D eigenvalue weighted by molar-refractivity contribution is 6.30. The molecular weight excluding hydrogens is 492 g/mol. The Hall–Kier alpha value is -4.04. The SMILES string of the molecule is CO/N=C1/CCCCN1c1ccc(NC(=O)[C@@H](OC(=O)Nc2ccc(Cl)cc2)c2ccccc2)cc1C. The van der Waals surface area contributed by atoms with Crippen LogP contribution in [0.1, 0.15) is 36.5 Å². The summed E-state index contributed by atoms with van der Waals surface area (Å²) in [5, 5.41) is 10.2. The Morgan fingerprint density at radius 3 is 2.41 bits per heavy atom. The normalized spacial score (nSPS) is 15.1. The third-order valence-electron chi connectivity index (χ3n) is 5.95. The lowest BCUT2D eigenvalue weighted by Crippen LogP contribution is -2.36. The van der Waals surface area contributed by atoms with E-state index in [9.17, 15) is 9.59 Å². The van der Waals surface area contributed by atoms with Crippen LogP contribution in [0.3, 0.4) is 0 Å². The number of oxime groups is 1. The molecule has 0 aliphatic carbocycles. The number of hydrogen-bond acceptors (Lipinski definition) is 5. The second-order valence-electron chi connectivity index (χ2n) is 8.62. The summed E-state index contributed by atoms with van der Waals surface area (Å²) in [6.45, 7) is 2.83. The minimum atomic E-state index is -1.16. The Morgan fingerprint density at radius 2 is 1.70 bits per heavy atom. The number of benzene rings is 3.